The summed E-state index contributed by atoms with van der Waals surface area (Å²) in [6.07, 6.45) is 7.26. The molecule has 10 heteroatoms. The predicted octanol–water partition coefficient (Wildman–Crippen LogP) is 1.54. The van der Waals surface area contributed by atoms with E-state index in [2.05, 4.69) is 0 Å². The van der Waals surface area contributed by atoms with Crippen LogP contribution in [0.25, 0.3) is 0 Å². The van der Waals surface area contributed by atoms with Crippen LogP contribution in [0, 0.1) is 11.8 Å². The van der Waals surface area contributed by atoms with Crippen LogP contribution < -0.4 is 34.7 Å². The van der Waals surface area contributed by atoms with Gasteiger partial charge in [0.25, 0.3) is 0 Å². The Morgan fingerprint density at radius 3 is 2.36 bits per heavy atom. The molecule has 39 heavy (non-hydrogen) atoms. The van der Waals surface area contributed by atoms with Gasteiger partial charge in [0.1, 0.15) is 6.16 Å². The summed E-state index contributed by atoms with van der Waals surface area (Å²) in [4.78, 5) is 38.7. The van der Waals surface area contributed by atoms with Gasteiger partial charge in [-0.25, -0.2) is 0 Å². The first-order valence-corrected chi connectivity index (χ1v) is 16.2. The van der Waals surface area contributed by atoms with E-state index in [0.29, 0.717) is 31.7 Å². The number of carboxylic acid groups (broad SMARTS) is 1. The first kappa shape index (κ1) is 34.0. The zero-order chi connectivity index (χ0) is 27.5. The molecule has 1 aliphatic heterocycles. The van der Waals surface area contributed by atoms with Crippen molar-refractivity contribution in [2.24, 2.45) is 11.8 Å². The monoisotopic (exact) mass is 571 g/mol. The molecule has 0 aromatic heterocycles. The summed E-state index contributed by atoms with van der Waals surface area (Å²) in [6.45, 7) is 3.77. The summed E-state index contributed by atoms with van der Waals surface area (Å²) in [5.74, 6) is -1.70. The summed E-state index contributed by atoms with van der Waals surface area (Å²) < 4.78 is 25.3. The van der Waals surface area contributed by atoms with Gasteiger partial charge in [0, 0.05) is 25.5 Å². The molecule has 1 saturated carbocycles. The second-order valence-electron chi connectivity index (χ2n) is 10.7. The topological polar surface area (TPSA) is 113 Å². The molecule has 1 aromatic rings. The maximum absolute atomic E-state index is 14.1. The molecule has 0 unspecified atom stereocenters. The number of rotatable bonds is 14. The summed E-state index contributed by atoms with van der Waals surface area (Å²) in [7, 11) is -3.58. The van der Waals surface area contributed by atoms with Crippen molar-refractivity contribution < 1.29 is 62.9 Å². The van der Waals surface area contributed by atoms with E-state index in [1.54, 1.807) is 13.8 Å². The van der Waals surface area contributed by atoms with Crippen molar-refractivity contribution in [3.05, 3.63) is 35.9 Å². The minimum absolute atomic E-state index is 0. The van der Waals surface area contributed by atoms with E-state index in [-0.39, 0.29) is 48.1 Å². The predicted molar refractivity (Wildman–Crippen MR) is 143 cm³/mol. The van der Waals surface area contributed by atoms with Crippen LogP contribution in [0.1, 0.15) is 83.6 Å². The van der Waals surface area contributed by atoms with Gasteiger partial charge in [-0.05, 0) is 43.1 Å². The largest absolute Gasteiger partial charge is 1.00 e. The van der Waals surface area contributed by atoms with Crippen molar-refractivity contribution in [2.45, 2.75) is 96.8 Å². The van der Waals surface area contributed by atoms with Gasteiger partial charge in [-0.3, -0.25) is 18.7 Å². The zero-order valence-electron chi connectivity index (χ0n) is 23.8. The van der Waals surface area contributed by atoms with E-state index in [0.717, 1.165) is 38.5 Å². The Balaban J connectivity index is 0.00000533. The first-order valence-electron chi connectivity index (χ1n) is 14.2. The van der Waals surface area contributed by atoms with E-state index in [1.165, 1.54) is 16.9 Å². The van der Waals surface area contributed by atoms with Gasteiger partial charge < -0.3 is 19.5 Å². The molecule has 0 spiro atoms. The number of carbonyl (C=O) groups excluding carboxylic acids is 3. The number of benzene rings is 1. The average molecular weight is 572 g/mol. The molecule has 0 N–H and O–H groups in total. The van der Waals surface area contributed by atoms with Crippen molar-refractivity contribution in [3.8, 4) is 0 Å². The van der Waals surface area contributed by atoms with Gasteiger partial charge in [-0.15, -0.1) is 0 Å². The fourth-order valence-electron chi connectivity index (χ4n) is 5.73. The number of nitrogens with zero attached hydrogens (tertiary/aromatic N) is 1. The van der Waals surface area contributed by atoms with Crippen molar-refractivity contribution in [2.75, 3.05) is 18.9 Å². The van der Waals surface area contributed by atoms with Crippen LogP contribution in [0.15, 0.2) is 30.3 Å². The van der Waals surface area contributed by atoms with Gasteiger partial charge in [0.2, 0.25) is 19.6 Å². The minimum atomic E-state index is -3.58. The molecular formula is C29H43NNaO7P. The van der Waals surface area contributed by atoms with E-state index >= 15 is 0 Å². The maximum atomic E-state index is 14.1. The van der Waals surface area contributed by atoms with Gasteiger partial charge in [-0.2, -0.15) is 0 Å². The number of likely N-dealkylation sites (tertiary alicyclic amines) is 1. The van der Waals surface area contributed by atoms with E-state index in [9.17, 15) is 24.1 Å². The van der Waals surface area contributed by atoms with Crippen molar-refractivity contribution >= 4 is 25.2 Å². The van der Waals surface area contributed by atoms with Crippen LogP contribution in [0.2, 0.25) is 0 Å². The number of carboxylic acids is 1. The molecule has 0 bridgehead atoms. The van der Waals surface area contributed by atoms with Crippen LogP contribution in [0.3, 0.4) is 0 Å². The third kappa shape index (κ3) is 10.6. The molecule has 1 saturated heterocycles. The molecule has 0 radical (unpaired) electrons. The van der Waals surface area contributed by atoms with Crippen molar-refractivity contribution in [1.29, 1.82) is 0 Å². The Labute approximate surface area is 255 Å². The molecule has 3 rings (SSSR count). The number of aryl methyl sites for hydroxylation is 1. The van der Waals surface area contributed by atoms with Gasteiger partial charge >= 0.3 is 35.5 Å². The summed E-state index contributed by atoms with van der Waals surface area (Å²) in [5, 5.41) is 12.0. The number of esters is 1. The second-order valence-corrected chi connectivity index (χ2v) is 13.3. The fourth-order valence-corrected chi connectivity index (χ4v) is 7.99. The van der Waals surface area contributed by atoms with Crippen LogP contribution in [-0.4, -0.2) is 53.9 Å². The number of unbranched alkanes of at least 4 members (excludes halogenated alkanes) is 1. The quantitative estimate of drug-likeness (QED) is 0.109. The van der Waals surface area contributed by atoms with Gasteiger partial charge in [0.05, 0.1) is 12.0 Å². The molecular weight excluding hydrogens is 528 g/mol. The van der Waals surface area contributed by atoms with E-state index in [1.807, 2.05) is 30.3 Å². The number of ether oxygens (including phenoxy) is 1. The maximum Gasteiger partial charge on any atom is 1.00 e. The summed E-state index contributed by atoms with van der Waals surface area (Å²) in [5.41, 5.74) is 1.17. The van der Waals surface area contributed by atoms with Crippen LogP contribution in [-0.2, 0) is 34.6 Å². The number of aliphatic carboxylic acids is 1. The average Bonchev–Trinajstić information content (AvgIpc) is 3.38. The van der Waals surface area contributed by atoms with Crippen LogP contribution >= 0.6 is 7.37 Å². The second kappa shape index (κ2) is 16.9. The Kier molecular flexibility index (Phi) is 14.8. The third-order valence-corrected chi connectivity index (χ3v) is 10.2. The molecule has 1 aliphatic carbocycles. The smallest absolute Gasteiger partial charge is 0.548 e. The Hall–Kier alpha value is -1.18. The Morgan fingerprint density at radius 1 is 1.05 bits per heavy atom. The van der Waals surface area contributed by atoms with E-state index in [4.69, 9.17) is 9.26 Å². The third-order valence-electron chi connectivity index (χ3n) is 7.87. The molecule has 8 nitrogen and oxygen atoms in total. The number of hydrogen-bond donors (Lipinski definition) is 0. The number of carbonyl (C=O) groups is 3. The molecule has 212 valence electrons. The molecule has 1 amide bonds. The number of hydrogen-bond acceptors (Lipinski definition) is 7. The first-order chi connectivity index (χ1) is 18.2. The fraction of sp³-hybridized carbons (Fsp3) is 0.690. The van der Waals surface area contributed by atoms with Crippen LogP contribution in [0.4, 0.5) is 0 Å². The molecule has 1 aromatic carbocycles. The molecule has 2 fully saturated rings. The van der Waals surface area contributed by atoms with Crippen molar-refractivity contribution in [3.63, 3.8) is 0 Å². The van der Waals surface area contributed by atoms with Crippen LogP contribution in [0.5, 0.6) is 0 Å². The zero-order valence-corrected chi connectivity index (χ0v) is 26.7. The standard InChI is InChI=1S/C29H44NO7P.Na/c1-3-27(32)36-28(4-2)37-38(35,18-12-11-15-22-13-7-5-8-14-22)21-26(31)30-20-24(19-25(30)29(33)34)23-16-9-6-10-17-23;/h5,7-8,13-14,23-25,28H,3-4,6,9-12,15-21H2,1-2H3,(H,33,34);/q;+1/p-1/t24-,25+,28+,38-;/m1./s1. The van der Waals surface area contributed by atoms with Crippen molar-refractivity contribution in [1.82, 2.24) is 4.90 Å². The van der Waals surface area contributed by atoms with Gasteiger partial charge in [0.15, 0.2) is 0 Å². The van der Waals surface area contributed by atoms with E-state index < -0.39 is 43.7 Å². The molecule has 2 aliphatic rings. The Bertz CT molecular complexity index is 970. The SMILES string of the molecule is CCC(=O)O[C@H](CC)O[P@](=O)(CCCCc1ccccc1)CC(=O)N1C[C@H](C2CCCCC2)C[C@H]1C(=O)[O-].[Na+]. The summed E-state index contributed by atoms with van der Waals surface area (Å²) in [6, 6.07) is 8.96. The minimum Gasteiger partial charge on any atom is -0.548 e. The summed E-state index contributed by atoms with van der Waals surface area (Å²) >= 11 is 0. The number of amides is 1. The molecule has 1 heterocycles. The Morgan fingerprint density at radius 2 is 1.74 bits per heavy atom. The molecule has 4 atom stereocenters. The normalized spacial score (nSPS) is 21.9. The van der Waals surface area contributed by atoms with Gasteiger partial charge in [-0.1, -0.05) is 76.3 Å².